The minimum Gasteiger partial charge on any atom is -0.497 e. The summed E-state index contributed by atoms with van der Waals surface area (Å²) in [4.78, 5) is 21.0. The van der Waals surface area contributed by atoms with Crippen LogP contribution in [0.15, 0.2) is 48.8 Å². The number of rotatable bonds is 9. The fourth-order valence-electron chi connectivity index (χ4n) is 3.95. The Hall–Kier alpha value is -2.40. The Morgan fingerprint density at radius 2 is 1.72 bits per heavy atom. The molecule has 0 radical (unpaired) electrons. The SMILES string of the molecule is COc1ccc(CCN2CCC(CN(C)C(=O)CCc3ccncc3)CC2)cc1. The van der Waals surface area contributed by atoms with E-state index in [1.54, 1.807) is 19.5 Å². The predicted octanol–water partition coefficient (Wildman–Crippen LogP) is 3.44. The van der Waals surface area contributed by atoms with E-state index in [2.05, 4.69) is 22.0 Å². The van der Waals surface area contributed by atoms with Gasteiger partial charge in [-0.25, -0.2) is 0 Å². The summed E-state index contributed by atoms with van der Waals surface area (Å²) in [6.07, 6.45) is 8.34. The molecule has 1 amide bonds. The zero-order valence-corrected chi connectivity index (χ0v) is 17.7. The molecule has 29 heavy (non-hydrogen) atoms. The summed E-state index contributed by atoms with van der Waals surface area (Å²) in [7, 11) is 3.65. The van der Waals surface area contributed by atoms with Crippen LogP contribution in [0.2, 0.25) is 0 Å². The first-order valence-corrected chi connectivity index (χ1v) is 10.6. The number of hydrogen-bond acceptors (Lipinski definition) is 4. The molecule has 1 aliphatic heterocycles. The number of aromatic nitrogens is 1. The molecule has 1 aliphatic rings. The van der Waals surface area contributed by atoms with E-state index in [0.29, 0.717) is 12.3 Å². The molecule has 0 unspecified atom stereocenters. The molecule has 5 nitrogen and oxygen atoms in total. The van der Waals surface area contributed by atoms with Gasteiger partial charge in [-0.05, 0) is 80.1 Å². The van der Waals surface area contributed by atoms with Crippen molar-refractivity contribution in [2.24, 2.45) is 5.92 Å². The monoisotopic (exact) mass is 395 g/mol. The summed E-state index contributed by atoms with van der Waals surface area (Å²) in [5, 5.41) is 0. The Kier molecular flexibility index (Phi) is 8.05. The lowest BCUT2D eigenvalue weighted by Gasteiger charge is -2.34. The Morgan fingerprint density at radius 3 is 2.38 bits per heavy atom. The molecule has 1 aromatic heterocycles. The molecule has 2 aromatic rings. The number of carbonyl (C=O) groups excluding carboxylic acids is 1. The fourth-order valence-corrected chi connectivity index (χ4v) is 3.95. The van der Waals surface area contributed by atoms with Crippen LogP contribution >= 0.6 is 0 Å². The van der Waals surface area contributed by atoms with E-state index in [9.17, 15) is 4.79 Å². The third-order valence-corrected chi connectivity index (χ3v) is 5.92. The highest BCUT2D eigenvalue weighted by molar-refractivity contribution is 5.76. The largest absolute Gasteiger partial charge is 0.497 e. The summed E-state index contributed by atoms with van der Waals surface area (Å²) in [6, 6.07) is 12.3. The van der Waals surface area contributed by atoms with Crippen molar-refractivity contribution in [3.63, 3.8) is 0 Å². The van der Waals surface area contributed by atoms with Crippen LogP contribution in [0.4, 0.5) is 0 Å². The topological polar surface area (TPSA) is 45.7 Å². The molecule has 0 atom stereocenters. The van der Waals surface area contributed by atoms with Crippen LogP contribution in [-0.4, -0.2) is 61.0 Å². The van der Waals surface area contributed by atoms with Gasteiger partial charge in [0.25, 0.3) is 0 Å². The van der Waals surface area contributed by atoms with Gasteiger partial charge in [0.05, 0.1) is 7.11 Å². The second kappa shape index (κ2) is 11.0. The molecule has 0 saturated carbocycles. The minimum atomic E-state index is 0.240. The van der Waals surface area contributed by atoms with E-state index in [0.717, 1.165) is 44.8 Å². The maximum atomic E-state index is 12.5. The fraction of sp³-hybridized carbons (Fsp3) is 0.500. The van der Waals surface area contributed by atoms with Crippen molar-refractivity contribution in [1.29, 1.82) is 0 Å². The van der Waals surface area contributed by atoms with Crippen LogP contribution in [0.5, 0.6) is 5.75 Å². The summed E-state index contributed by atoms with van der Waals surface area (Å²) in [5.41, 5.74) is 2.53. The van der Waals surface area contributed by atoms with Gasteiger partial charge in [0.15, 0.2) is 0 Å². The van der Waals surface area contributed by atoms with Crippen LogP contribution < -0.4 is 4.74 Å². The number of carbonyl (C=O) groups is 1. The highest BCUT2D eigenvalue weighted by atomic mass is 16.5. The van der Waals surface area contributed by atoms with E-state index in [4.69, 9.17) is 4.74 Å². The van der Waals surface area contributed by atoms with Crippen LogP contribution in [0, 0.1) is 5.92 Å². The number of ether oxygens (including phenoxy) is 1. The Balaban J connectivity index is 1.33. The Morgan fingerprint density at radius 1 is 1.07 bits per heavy atom. The number of pyridine rings is 1. The van der Waals surface area contributed by atoms with Crippen LogP contribution in [0.25, 0.3) is 0 Å². The maximum Gasteiger partial charge on any atom is 0.222 e. The second-order valence-electron chi connectivity index (χ2n) is 8.01. The number of likely N-dealkylation sites (tertiary alicyclic amines) is 1. The molecule has 1 saturated heterocycles. The van der Waals surface area contributed by atoms with Crippen LogP contribution in [0.1, 0.15) is 30.4 Å². The zero-order valence-electron chi connectivity index (χ0n) is 17.7. The van der Waals surface area contributed by atoms with Crippen LogP contribution in [-0.2, 0) is 17.6 Å². The first kappa shape index (κ1) is 21.3. The zero-order chi connectivity index (χ0) is 20.5. The summed E-state index contributed by atoms with van der Waals surface area (Å²) >= 11 is 0. The number of amides is 1. The maximum absolute atomic E-state index is 12.5. The first-order chi connectivity index (χ1) is 14.1. The lowest BCUT2D eigenvalue weighted by molar-refractivity contribution is -0.130. The van der Waals surface area contributed by atoms with Gasteiger partial charge >= 0.3 is 0 Å². The lowest BCUT2D eigenvalue weighted by Crippen LogP contribution is -2.40. The standard InChI is InChI=1S/C24H33N3O2/c1-26(24(28)8-5-21-9-14-25-15-10-21)19-22-12-17-27(18-13-22)16-11-20-3-6-23(29-2)7-4-20/h3-4,6-7,9-10,14-15,22H,5,8,11-13,16-19H2,1-2H3. The van der Waals surface area contributed by atoms with E-state index in [-0.39, 0.29) is 5.91 Å². The van der Waals surface area contributed by atoms with Gasteiger partial charge in [-0.3, -0.25) is 9.78 Å². The molecule has 3 rings (SSSR count). The molecule has 0 N–H and O–H groups in total. The number of benzene rings is 1. The Bertz CT molecular complexity index is 740. The van der Waals surface area contributed by atoms with Gasteiger partial charge in [0, 0.05) is 39.0 Å². The van der Waals surface area contributed by atoms with Crippen molar-refractivity contribution in [2.45, 2.75) is 32.1 Å². The van der Waals surface area contributed by atoms with Crippen molar-refractivity contribution in [2.75, 3.05) is 40.3 Å². The van der Waals surface area contributed by atoms with E-state index < -0.39 is 0 Å². The normalized spacial score (nSPS) is 15.2. The van der Waals surface area contributed by atoms with Crippen LogP contribution in [0.3, 0.4) is 0 Å². The highest BCUT2D eigenvalue weighted by Crippen LogP contribution is 2.19. The van der Waals surface area contributed by atoms with E-state index >= 15 is 0 Å². The van der Waals surface area contributed by atoms with Gasteiger partial charge < -0.3 is 14.5 Å². The molecule has 0 aliphatic carbocycles. The highest BCUT2D eigenvalue weighted by Gasteiger charge is 2.21. The molecular formula is C24H33N3O2. The Labute approximate surface area is 174 Å². The summed E-state index contributed by atoms with van der Waals surface area (Å²) in [6.45, 7) is 4.22. The quantitative estimate of drug-likeness (QED) is 0.653. The molecular weight excluding hydrogens is 362 g/mol. The number of hydrogen-bond donors (Lipinski definition) is 0. The van der Waals surface area contributed by atoms with Gasteiger partial charge in [-0.1, -0.05) is 12.1 Å². The van der Waals surface area contributed by atoms with Gasteiger partial charge in [-0.15, -0.1) is 0 Å². The summed E-state index contributed by atoms with van der Waals surface area (Å²) in [5.74, 6) is 1.76. The van der Waals surface area contributed by atoms with Crippen molar-refractivity contribution < 1.29 is 9.53 Å². The van der Waals surface area contributed by atoms with Gasteiger partial charge in [-0.2, -0.15) is 0 Å². The van der Waals surface area contributed by atoms with Crippen molar-refractivity contribution in [3.05, 3.63) is 59.9 Å². The van der Waals surface area contributed by atoms with E-state index in [1.807, 2.05) is 36.2 Å². The van der Waals surface area contributed by atoms with Gasteiger partial charge in [0.1, 0.15) is 5.75 Å². The molecule has 1 fully saturated rings. The molecule has 0 bridgehead atoms. The molecule has 0 spiro atoms. The number of methoxy groups -OCH3 is 1. The predicted molar refractivity (Wildman–Crippen MR) is 116 cm³/mol. The van der Waals surface area contributed by atoms with Crippen molar-refractivity contribution in [3.8, 4) is 5.75 Å². The minimum absolute atomic E-state index is 0.240. The summed E-state index contributed by atoms with van der Waals surface area (Å²) < 4.78 is 5.22. The lowest BCUT2D eigenvalue weighted by atomic mass is 9.95. The number of aryl methyl sites for hydroxylation is 1. The molecule has 156 valence electrons. The third-order valence-electron chi connectivity index (χ3n) is 5.92. The number of nitrogens with zero attached hydrogens (tertiary/aromatic N) is 3. The average Bonchev–Trinajstić information content (AvgIpc) is 2.78. The smallest absolute Gasteiger partial charge is 0.222 e. The number of piperidine rings is 1. The van der Waals surface area contributed by atoms with Crippen molar-refractivity contribution in [1.82, 2.24) is 14.8 Å². The first-order valence-electron chi connectivity index (χ1n) is 10.6. The third kappa shape index (κ3) is 6.86. The van der Waals surface area contributed by atoms with Crippen molar-refractivity contribution >= 4 is 5.91 Å². The van der Waals surface area contributed by atoms with E-state index in [1.165, 1.54) is 24.0 Å². The molecule has 2 heterocycles. The van der Waals surface area contributed by atoms with Gasteiger partial charge in [0.2, 0.25) is 5.91 Å². The molecule has 5 heteroatoms. The average molecular weight is 396 g/mol. The second-order valence-corrected chi connectivity index (χ2v) is 8.01. The molecule has 1 aromatic carbocycles.